The van der Waals surface area contributed by atoms with E-state index < -0.39 is 0 Å². The Bertz CT molecular complexity index is 1560. The lowest BCUT2D eigenvalue weighted by atomic mass is 10.1. The molecule has 1 aliphatic heterocycles. The second-order valence-corrected chi connectivity index (χ2v) is 10.2. The van der Waals surface area contributed by atoms with Crippen LogP contribution in [0.3, 0.4) is 0 Å². The molecule has 5 rings (SSSR count). The van der Waals surface area contributed by atoms with Crippen LogP contribution in [0.4, 0.5) is 29.0 Å². The lowest BCUT2D eigenvalue weighted by molar-refractivity contribution is -0.111. The number of nitrogens with two attached hydrogens (primary N) is 1. The van der Waals surface area contributed by atoms with Gasteiger partial charge in [0.1, 0.15) is 5.75 Å². The fourth-order valence-electron chi connectivity index (χ4n) is 5.24. The molecule has 0 unspecified atom stereocenters. The van der Waals surface area contributed by atoms with E-state index in [0.29, 0.717) is 22.9 Å². The fraction of sp³-hybridized carbons (Fsp3) is 0.333. The van der Waals surface area contributed by atoms with E-state index in [0.717, 1.165) is 48.3 Å². The Morgan fingerprint density at radius 3 is 2.68 bits per heavy atom. The maximum atomic E-state index is 12.4. The van der Waals surface area contributed by atoms with Crippen molar-refractivity contribution in [1.82, 2.24) is 24.4 Å². The number of para-hydroxylation sites is 1. The molecular weight excluding hydrogens is 518 g/mol. The molecule has 4 aromatic rings. The Kier molecular flexibility index (Phi) is 8.34. The standard InChI is InChI=1S/C30H37N9O2/c1-5-27(40)32-22-17-23(26(41-4)18-25(22)37(2)15-16-39-13-9-6-10-14-39)33-30-35-28(34-29(31)36-30)21-19-38(3)24-12-8-7-11-20(21)24/h5,7-8,11-12,17-19H,1,6,9-10,13-16H2,2-4H3,(H,32,40)(H3,31,33,34,35,36). The van der Waals surface area contributed by atoms with Crippen molar-refractivity contribution in [2.75, 3.05) is 61.6 Å². The molecule has 2 aromatic heterocycles. The summed E-state index contributed by atoms with van der Waals surface area (Å²) in [4.78, 5) is 30.4. The van der Waals surface area contributed by atoms with Crippen LogP contribution in [0.5, 0.6) is 5.75 Å². The van der Waals surface area contributed by atoms with Crippen molar-refractivity contribution in [2.45, 2.75) is 19.3 Å². The Hall–Kier alpha value is -4.64. The summed E-state index contributed by atoms with van der Waals surface area (Å²) in [5, 5.41) is 7.18. The van der Waals surface area contributed by atoms with Gasteiger partial charge in [0.05, 0.1) is 24.2 Å². The van der Waals surface area contributed by atoms with Gasteiger partial charge in [-0.2, -0.15) is 15.0 Å². The molecule has 0 radical (unpaired) electrons. The monoisotopic (exact) mass is 555 g/mol. The summed E-state index contributed by atoms with van der Waals surface area (Å²) in [6.07, 6.45) is 7.00. The van der Waals surface area contributed by atoms with Gasteiger partial charge in [0.25, 0.3) is 0 Å². The van der Waals surface area contributed by atoms with Crippen molar-refractivity contribution < 1.29 is 9.53 Å². The first-order valence-electron chi connectivity index (χ1n) is 13.8. The van der Waals surface area contributed by atoms with Crippen molar-refractivity contribution in [1.29, 1.82) is 0 Å². The summed E-state index contributed by atoms with van der Waals surface area (Å²) >= 11 is 0. The number of hydrogen-bond donors (Lipinski definition) is 3. The Morgan fingerprint density at radius 2 is 1.93 bits per heavy atom. The first kappa shape index (κ1) is 27.9. The van der Waals surface area contributed by atoms with Crippen LogP contribution in [0.15, 0.2) is 55.3 Å². The lowest BCUT2D eigenvalue weighted by Crippen LogP contribution is -2.36. The number of carbonyl (C=O) groups excluding carboxylic acids is 1. The Morgan fingerprint density at radius 1 is 1.15 bits per heavy atom. The number of carbonyl (C=O) groups is 1. The molecule has 0 bridgehead atoms. The third-order valence-corrected chi connectivity index (χ3v) is 7.41. The highest BCUT2D eigenvalue weighted by Gasteiger charge is 2.19. The van der Waals surface area contributed by atoms with E-state index in [9.17, 15) is 4.79 Å². The summed E-state index contributed by atoms with van der Waals surface area (Å²) in [5.74, 6) is 1.04. The predicted octanol–water partition coefficient (Wildman–Crippen LogP) is 4.41. The highest BCUT2D eigenvalue weighted by molar-refractivity contribution is 6.02. The van der Waals surface area contributed by atoms with Crippen LogP contribution in [0.1, 0.15) is 19.3 Å². The quantitative estimate of drug-likeness (QED) is 0.244. The number of nitrogen functional groups attached to an aromatic ring is 1. The number of methoxy groups -OCH3 is 1. The number of likely N-dealkylation sites (N-methyl/N-ethyl adjacent to an activating group) is 1. The summed E-state index contributed by atoms with van der Waals surface area (Å²) < 4.78 is 7.78. The summed E-state index contributed by atoms with van der Waals surface area (Å²) in [7, 11) is 5.59. The molecule has 1 amide bonds. The highest BCUT2D eigenvalue weighted by Crippen LogP contribution is 2.38. The van der Waals surface area contributed by atoms with Gasteiger partial charge in [-0.1, -0.05) is 31.2 Å². The van der Waals surface area contributed by atoms with E-state index >= 15 is 0 Å². The van der Waals surface area contributed by atoms with Gasteiger partial charge in [-0.3, -0.25) is 4.79 Å². The van der Waals surface area contributed by atoms with E-state index in [4.69, 9.17) is 10.5 Å². The second-order valence-electron chi connectivity index (χ2n) is 10.2. The number of nitrogens with one attached hydrogen (secondary N) is 2. The minimum Gasteiger partial charge on any atom is -0.494 e. The van der Waals surface area contributed by atoms with Gasteiger partial charge < -0.3 is 35.5 Å². The van der Waals surface area contributed by atoms with Gasteiger partial charge in [0.2, 0.25) is 17.8 Å². The smallest absolute Gasteiger partial charge is 0.247 e. The van der Waals surface area contributed by atoms with Crippen molar-refractivity contribution in [3.8, 4) is 17.1 Å². The third kappa shape index (κ3) is 6.25. The van der Waals surface area contributed by atoms with E-state index in [2.05, 4.69) is 42.0 Å². The SMILES string of the molecule is C=CC(=O)Nc1cc(Nc2nc(N)nc(-c3cn(C)c4ccccc34)n2)c(OC)cc1N(C)CCN1CCCCC1. The minimum atomic E-state index is -0.311. The zero-order chi connectivity index (χ0) is 28.9. The van der Waals surface area contributed by atoms with Crippen molar-refractivity contribution in [3.05, 3.63) is 55.3 Å². The molecule has 0 aliphatic carbocycles. The molecule has 0 saturated carbocycles. The molecule has 1 aliphatic rings. The maximum Gasteiger partial charge on any atom is 0.247 e. The number of hydrogen-bond acceptors (Lipinski definition) is 9. The molecule has 2 aromatic carbocycles. The number of rotatable bonds is 10. The minimum absolute atomic E-state index is 0.0821. The highest BCUT2D eigenvalue weighted by atomic mass is 16.5. The first-order chi connectivity index (χ1) is 19.9. The number of fused-ring (bicyclic) bond motifs is 1. The molecular formula is C30H37N9O2. The lowest BCUT2D eigenvalue weighted by Gasteiger charge is -2.30. The molecule has 11 heteroatoms. The maximum absolute atomic E-state index is 12.4. The second kappa shape index (κ2) is 12.3. The fourth-order valence-corrected chi connectivity index (χ4v) is 5.24. The number of aromatic nitrogens is 4. The van der Waals surface area contributed by atoms with Crippen molar-refractivity contribution in [2.24, 2.45) is 7.05 Å². The molecule has 1 fully saturated rings. The van der Waals surface area contributed by atoms with Crippen LogP contribution >= 0.6 is 0 Å². The molecule has 0 spiro atoms. The third-order valence-electron chi connectivity index (χ3n) is 7.41. The Balaban J connectivity index is 1.47. The number of piperidine rings is 1. The van der Waals surface area contributed by atoms with E-state index in [1.807, 2.05) is 61.3 Å². The zero-order valence-corrected chi connectivity index (χ0v) is 23.9. The number of anilines is 5. The largest absolute Gasteiger partial charge is 0.494 e. The van der Waals surface area contributed by atoms with Gasteiger partial charge >= 0.3 is 0 Å². The van der Waals surface area contributed by atoms with Crippen molar-refractivity contribution in [3.63, 3.8) is 0 Å². The van der Waals surface area contributed by atoms with Gasteiger partial charge in [0, 0.05) is 55.9 Å². The van der Waals surface area contributed by atoms with E-state index in [1.165, 1.54) is 25.3 Å². The van der Waals surface area contributed by atoms with E-state index in [-0.39, 0.29) is 17.8 Å². The first-order valence-corrected chi connectivity index (χ1v) is 13.8. The Labute approximate surface area is 240 Å². The molecule has 1 saturated heterocycles. The normalized spacial score (nSPS) is 13.6. The number of ether oxygens (including phenoxy) is 1. The van der Waals surface area contributed by atoms with Gasteiger partial charge in [-0.15, -0.1) is 0 Å². The molecule has 214 valence electrons. The summed E-state index contributed by atoms with van der Waals surface area (Å²) in [5.41, 5.74) is 10.0. The number of nitrogens with zero attached hydrogens (tertiary/aromatic N) is 6. The average molecular weight is 556 g/mol. The zero-order valence-electron chi connectivity index (χ0n) is 23.9. The molecule has 0 atom stereocenters. The van der Waals surface area contributed by atoms with E-state index in [1.54, 1.807) is 7.11 Å². The van der Waals surface area contributed by atoms with Crippen LogP contribution < -0.4 is 26.0 Å². The number of benzene rings is 2. The topological polar surface area (TPSA) is 126 Å². The molecule has 3 heterocycles. The van der Waals surface area contributed by atoms with Crippen LogP contribution in [-0.4, -0.2) is 70.7 Å². The van der Waals surface area contributed by atoms with Crippen LogP contribution in [0.25, 0.3) is 22.3 Å². The number of likely N-dealkylation sites (tertiary alicyclic amines) is 1. The number of amides is 1. The van der Waals surface area contributed by atoms with Crippen LogP contribution in [0, 0.1) is 0 Å². The van der Waals surface area contributed by atoms with Gasteiger partial charge in [-0.25, -0.2) is 0 Å². The van der Waals surface area contributed by atoms with Gasteiger partial charge in [0.15, 0.2) is 5.82 Å². The molecule has 4 N–H and O–H groups in total. The van der Waals surface area contributed by atoms with Crippen LogP contribution in [0.2, 0.25) is 0 Å². The van der Waals surface area contributed by atoms with Crippen molar-refractivity contribution >= 4 is 45.8 Å². The molecule has 11 nitrogen and oxygen atoms in total. The predicted molar refractivity (Wildman–Crippen MR) is 165 cm³/mol. The molecule has 41 heavy (non-hydrogen) atoms. The van der Waals surface area contributed by atoms with Gasteiger partial charge in [-0.05, 0) is 44.1 Å². The van der Waals surface area contributed by atoms with Crippen LogP contribution in [-0.2, 0) is 11.8 Å². The average Bonchev–Trinajstić information content (AvgIpc) is 3.32. The summed E-state index contributed by atoms with van der Waals surface area (Å²) in [6, 6.07) is 11.7. The number of aryl methyl sites for hydroxylation is 1. The summed E-state index contributed by atoms with van der Waals surface area (Å²) in [6.45, 7) is 7.59.